The SMILES string of the molecule is CC(C)n1c(=O)c2cnc(Nc3ccc4c(c3)CNCC4)nc2n1-c1cnc(C(C)(C)C)o1. The van der Waals surface area contributed by atoms with Crippen LogP contribution in [-0.2, 0) is 18.4 Å². The minimum Gasteiger partial charge on any atom is -0.422 e. The quantitative estimate of drug-likeness (QED) is 0.490. The molecule has 9 nitrogen and oxygen atoms in total. The van der Waals surface area contributed by atoms with E-state index in [1.165, 1.54) is 11.1 Å². The molecule has 0 amide bonds. The van der Waals surface area contributed by atoms with Crippen LogP contribution in [0.25, 0.3) is 16.9 Å². The molecule has 0 unspecified atom stereocenters. The average Bonchev–Trinajstić information content (AvgIpc) is 3.37. The Labute approximate surface area is 191 Å². The smallest absolute Gasteiger partial charge is 0.278 e. The van der Waals surface area contributed by atoms with Gasteiger partial charge in [0.25, 0.3) is 5.56 Å². The number of aromatic nitrogens is 5. The summed E-state index contributed by atoms with van der Waals surface area (Å²) in [5.41, 5.74) is 3.59. The van der Waals surface area contributed by atoms with Crippen LogP contribution in [0.5, 0.6) is 0 Å². The Morgan fingerprint density at radius 3 is 2.70 bits per heavy atom. The number of anilines is 2. The van der Waals surface area contributed by atoms with E-state index in [4.69, 9.17) is 9.40 Å². The van der Waals surface area contributed by atoms with Crippen molar-refractivity contribution >= 4 is 22.7 Å². The minimum atomic E-state index is -0.257. The molecule has 2 N–H and O–H groups in total. The predicted molar refractivity (Wildman–Crippen MR) is 127 cm³/mol. The van der Waals surface area contributed by atoms with Gasteiger partial charge in [-0.05, 0) is 50.1 Å². The molecule has 3 aromatic heterocycles. The van der Waals surface area contributed by atoms with Crippen molar-refractivity contribution in [2.45, 2.75) is 59.0 Å². The molecule has 0 saturated carbocycles. The molecule has 0 saturated heterocycles. The first kappa shape index (κ1) is 21.4. The molecule has 1 aliphatic rings. The first-order chi connectivity index (χ1) is 15.7. The van der Waals surface area contributed by atoms with Crippen molar-refractivity contribution in [3.8, 4) is 5.88 Å². The van der Waals surface area contributed by atoms with Gasteiger partial charge >= 0.3 is 0 Å². The molecule has 1 aliphatic heterocycles. The lowest BCUT2D eigenvalue weighted by Gasteiger charge is -2.18. The Morgan fingerprint density at radius 2 is 1.97 bits per heavy atom. The van der Waals surface area contributed by atoms with Gasteiger partial charge in [-0.15, -0.1) is 0 Å². The van der Waals surface area contributed by atoms with Crippen LogP contribution in [0.4, 0.5) is 11.6 Å². The lowest BCUT2D eigenvalue weighted by Crippen LogP contribution is -2.24. The molecule has 4 heterocycles. The number of benzene rings is 1. The molecule has 4 aromatic rings. The zero-order valence-electron chi connectivity index (χ0n) is 19.6. The van der Waals surface area contributed by atoms with Crippen molar-refractivity contribution in [1.29, 1.82) is 0 Å². The highest BCUT2D eigenvalue weighted by Gasteiger charge is 2.25. The van der Waals surface area contributed by atoms with E-state index in [9.17, 15) is 4.79 Å². The molecule has 5 rings (SSSR count). The van der Waals surface area contributed by atoms with E-state index in [0.717, 1.165) is 25.2 Å². The van der Waals surface area contributed by atoms with Gasteiger partial charge in [0.2, 0.25) is 17.7 Å². The number of nitrogens with zero attached hydrogens (tertiary/aromatic N) is 5. The van der Waals surface area contributed by atoms with Gasteiger partial charge in [-0.2, -0.15) is 9.67 Å². The first-order valence-corrected chi connectivity index (χ1v) is 11.3. The van der Waals surface area contributed by atoms with Crippen LogP contribution >= 0.6 is 0 Å². The van der Waals surface area contributed by atoms with E-state index in [2.05, 4.69) is 32.7 Å². The summed E-state index contributed by atoms with van der Waals surface area (Å²) in [5.74, 6) is 1.46. The van der Waals surface area contributed by atoms with E-state index < -0.39 is 0 Å². The Morgan fingerprint density at radius 1 is 1.15 bits per heavy atom. The first-order valence-electron chi connectivity index (χ1n) is 11.3. The summed E-state index contributed by atoms with van der Waals surface area (Å²) in [6.45, 7) is 11.8. The van der Waals surface area contributed by atoms with Crippen LogP contribution in [0.1, 0.15) is 57.7 Å². The molecule has 1 aromatic carbocycles. The number of rotatable bonds is 4. The number of hydrogen-bond acceptors (Lipinski definition) is 7. The Balaban J connectivity index is 1.61. The molecule has 9 heteroatoms. The van der Waals surface area contributed by atoms with Crippen molar-refractivity contribution in [2.24, 2.45) is 0 Å². The van der Waals surface area contributed by atoms with E-state index in [1.54, 1.807) is 21.8 Å². The number of hydrogen-bond donors (Lipinski definition) is 2. The van der Waals surface area contributed by atoms with Crippen LogP contribution in [0.15, 0.2) is 39.8 Å². The molecule has 33 heavy (non-hydrogen) atoms. The van der Waals surface area contributed by atoms with Crippen LogP contribution < -0.4 is 16.2 Å². The van der Waals surface area contributed by atoms with Crippen molar-refractivity contribution in [3.05, 3.63) is 58.0 Å². The lowest BCUT2D eigenvalue weighted by molar-refractivity contribution is 0.362. The summed E-state index contributed by atoms with van der Waals surface area (Å²) < 4.78 is 9.40. The van der Waals surface area contributed by atoms with Crippen LogP contribution in [0.2, 0.25) is 0 Å². The second-order valence-corrected chi connectivity index (χ2v) is 9.78. The van der Waals surface area contributed by atoms with Gasteiger partial charge in [0.15, 0.2) is 5.65 Å². The summed E-state index contributed by atoms with van der Waals surface area (Å²) in [6, 6.07) is 6.19. The lowest BCUT2D eigenvalue weighted by atomic mass is 9.97. The molecule has 0 radical (unpaired) electrons. The van der Waals surface area contributed by atoms with Crippen LogP contribution in [-0.4, -0.2) is 30.9 Å². The fourth-order valence-electron chi connectivity index (χ4n) is 4.14. The highest BCUT2D eigenvalue weighted by Crippen LogP contribution is 2.26. The third-order valence-electron chi connectivity index (χ3n) is 5.81. The van der Waals surface area contributed by atoms with Gasteiger partial charge in [0, 0.05) is 29.9 Å². The topological polar surface area (TPSA) is 103 Å². The molecule has 0 bridgehead atoms. The summed E-state index contributed by atoms with van der Waals surface area (Å²) in [7, 11) is 0. The highest BCUT2D eigenvalue weighted by molar-refractivity contribution is 5.77. The maximum Gasteiger partial charge on any atom is 0.278 e. The summed E-state index contributed by atoms with van der Waals surface area (Å²) in [6.07, 6.45) is 4.24. The van der Waals surface area contributed by atoms with Crippen molar-refractivity contribution in [3.63, 3.8) is 0 Å². The van der Waals surface area contributed by atoms with Gasteiger partial charge in [0.1, 0.15) is 5.39 Å². The van der Waals surface area contributed by atoms with Crippen molar-refractivity contribution in [1.82, 2.24) is 29.6 Å². The highest BCUT2D eigenvalue weighted by atomic mass is 16.4. The zero-order chi connectivity index (χ0) is 23.3. The minimum absolute atomic E-state index is 0.112. The van der Waals surface area contributed by atoms with Crippen LogP contribution in [0.3, 0.4) is 0 Å². The van der Waals surface area contributed by atoms with E-state index >= 15 is 0 Å². The standard InChI is InChI=1S/C24H29N7O2/c1-14(2)30-21(32)18-12-27-23(28-17-7-6-15-8-9-25-11-16(15)10-17)29-20(18)31(30)19-13-26-22(33-19)24(3,4)5/h6-7,10,12-14,25H,8-9,11H2,1-5H3,(H,27,28,29). The van der Waals surface area contributed by atoms with Gasteiger partial charge in [-0.3, -0.25) is 4.79 Å². The molecular weight excluding hydrogens is 418 g/mol. The monoisotopic (exact) mass is 447 g/mol. The Hall–Kier alpha value is -3.46. The predicted octanol–water partition coefficient (Wildman–Crippen LogP) is 3.84. The van der Waals surface area contributed by atoms with Crippen molar-refractivity contribution in [2.75, 3.05) is 11.9 Å². The van der Waals surface area contributed by atoms with Crippen LogP contribution in [0, 0.1) is 0 Å². The summed E-state index contributed by atoms with van der Waals surface area (Å²) in [5, 5.41) is 7.12. The molecule has 0 spiro atoms. The van der Waals surface area contributed by atoms with E-state index in [1.807, 2.05) is 40.7 Å². The van der Waals surface area contributed by atoms with Gasteiger partial charge < -0.3 is 15.1 Å². The van der Waals surface area contributed by atoms with Gasteiger partial charge in [0.05, 0.1) is 6.20 Å². The third-order valence-corrected chi connectivity index (χ3v) is 5.81. The molecule has 0 atom stereocenters. The fourth-order valence-corrected chi connectivity index (χ4v) is 4.14. The largest absolute Gasteiger partial charge is 0.422 e. The molecule has 0 fully saturated rings. The molecular formula is C24H29N7O2. The molecule has 172 valence electrons. The second kappa shape index (κ2) is 7.84. The van der Waals surface area contributed by atoms with E-state index in [0.29, 0.717) is 28.8 Å². The third kappa shape index (κ3) is 3.82. The summed E-state index contributed by atoms with van der Waals surface area (Å²) in [4.78, 5) is 26.7. The summed E-state index contributed by atoms with van der Waals surface area (Å²) >= 11 is 0. The zero-order valence-corrected chi connectivity index (χ0v) is 19.6. The number of fused-ring (bicyclic) bond motifs is 2. The van der Waals surface area contributed by atoms with Gasteiger partial charge in [-0.25, -0.2) is 14.6 Å². The second-order valence-electron chi connectivity index (χ2n) is 9.78. The van der Waals surface area contributed by atoms with E-state index in [-0.39, 0.29) is 17.0 Å². The average molecular weight is 448 g/mol. The Bertz CT molecular complexity index is 1390. The normalized spacial score (nSPS) is 14.1. The molecule has 0 aliphatic carbocycles. The number of oxazole rings is 1. The number of nitrogens with one attached hydrogen (secondary N) is 2. The van der Waals surface area contributed by atoms with Crippen molar-refractivity contribution < 1.29 is 4.42 Å². The Kier molecular flexibility index (Phi) is 5.08. The van der Waals surface area contributed by atoms with Gasteiger partial charge in [-0.1, -0.05) is 26.8 Å². The fraction of sp³-hybridized carbons (Fsp3) is 0.417. The maximum atomic E-state index is 13.2. The maximum absolute atomic E-state index is 13.2.